The number of anilines is 1. The molecule has 1 heterocycles. The van der Waals surface area contributed by atoms with E-state index in [0.29, 0.717) is 18.9 Å². The van der Waals surface area contributed by atoms with E-state index in [4.69, 9.17) is 4.74 Å². The molecule has 7 nitrogen and oxygen atoms in total. The number of carbonyl (C=O) groups is 1. The molecule has 0 atom stereocenters. The zero-order chi connectivity index (χ0) is 19.5. The van der Waals surface area contributed by atoms with Gasteiger partial charge in [-0.2, -0.15) is 12.7 Å². The normalized spacial score (nSPS) is 16.1. The predicted molar refractivity (Wildman–Crippen MR) is 103 cm³/mol. The SMILES string of the molecule is Cc1cc(C(C)C)c(NC(=O)NS(=O)(=O)N2CCOCC2)c(C(C)C)c1. The monoisotopic (exact) mass is 383 g/mol. The van der Waals surface area contributed by atoms with Crippen LogP contribution in [0.15, 0.2) is 12.1 Å². The van der Waals surface area contributed by atoms with Crippen molar-refractivity contribution in [1.29, 1.82) is 0 Å². The summed E-state index contributed by atoms with van der Waals surface area (Å²) in [4.78, 5) is 12.4. The highest BCUT2D eigenvalue weighted by Gasteiger charge is 2.27. The number of amides is 2. The van der Waals surface area contributed by atoms with Crippen LogP contribution < -0.4 is 10.0 Å². The maximum Gasteiger partial charge on any atom is 0.333 e. The number of urea groups is 1. The van der Waals surface area contributed by atoms with Crippen molar-refractivity contribution < 1.29 is 17.9 Å². The summed E-state index contributed by atoms with van der Waals surface area (Å²) in [5.41, 5.74) is 3.79. The molecule has 26 heavy (non-hydrogen) atoms. The lowest BCUT2D eigenvalue weighted by molar-refractivity contribution is 0.0726. The van der Waals surface area contributed by atoms with Crippen molar-refractivity contribution in [1.82, 2.24) is 9.03 Å². The molecule has 1 aliphatic rings. The summed E-state index contributed by atoms with van der Waals surface area (Å²) in [5.74, 6) is 0.386. The highest BCUT2D eigenvalue weighted by Crippen LogP contribution is 2.33. The molecule has 0 spiro atoms. The zero-order valence-corrected chi connectivity index (χ0v) is 16.9. The number of hydrogen-bond donors (Lipinski definition) is 2. The van der Waals surface area contributed by atoms with E-state index in [0.717, 1.165) is 16.7 Å². The summed E-state index contributed by atoms with van der Waals surface area (Å²) in [7, 11) is -3.89. The molecular formula is C18H29N3O4S. The molecule has 0 saturated carbocycles. The fourth-order valence-corrected chi connectivity index (χ4v) is 4.05. The molecule has 8 heteroatoms. The number of morpholine rings is 1. The molecule has 2 amide bonds. The van der Waals surface area contributed by atoms with Crippen LogP contribution in [-0.4, -0.2) is 45.1 Å². The molecule has 146 valence electrons. The van der Waals surface area contributed by atoms with Crippen LogP contribution in [-0.2, 0) is 14.9 Å². The Kier molecular flexibility index (Phi) is 6.65. The van der Waals surface area contributed by atoms with Gasteiger partial charge in [0.05, 0.1) is 13.2 Å². The number of rotatable bonds is 5. The van der Waals surface area contributed by atoms with Crippen LogP contribution in [0.5, 0.6) is 0 Å². The third-order valence-electron chi connectivity index (χ3n) is 4.36. The van der Waals surface area contributed by atoms with Gasteiger partial charge in [0.25, 0.3) is 0 Å². The van der Waals surface area contributed by atoms with Gasteiger partial charge in [-0.3, -0.25) is 0 Å². The van der Waals surface area contributed by atoms with Crippen LogP contribution in [0, 0.1) is 6.92 Å². The van der Waals surface area contributed by atoms with Gasteiger partial charge in [0.2, 0.25) is 0 Å². The van der Waals surface area contributed by atoms with Gasteiger partial charge >= 0.3 is 16.2 Å². The molecule has 2 N–H and O–H groups in total. The van der Waals surface area contributed by atoms with Gasteiger partial charge in [-0.1, -0.05) is 45.4 Å². The molecule has 1 saturated heterocycles. The van der Waals surface area contributed by atoms with Crippen LogP contribution >= 0.6 is 0 Å². The van der Waals surface area contributed by atoms with Crippen LogP contribution in [0.1, 0.15) is 56.2 Å². The fourth-order valence-electron chi connectivity index (χ4n) is 3.01. The van der Waals surface area contributed by atoms with Gasteiger partial charge in [-0.05, 0) is 29.9 Å². The minimum absolute atomic E-state index is 0.193. The fraction of sp³-hybridized carbons (Fsp3) is 0.611. The Hall–Kier alpha value is -1.64. The molecular weight excluding hydrogens is 354 g/mol. The van der Waals surface area contributed by atoms with E-state index in [1.54, 1.807) is 0 Å². The first-order valence-corrected chi connectivity index (χ1v) is 10.4. The van der Waals surface area contributed by atoms with Gasteiger partial charge in [-0.25, -0.2) is 9.52 Å². The first-order valence-electron chi connectivity index (χ1n) is 8.93. The third kappa shape index (κ3) is 4.96. The van der Waals surface area contributed by atoms with Crippen LogP contribution in [0.4, 0.5) is 10.5 Å². The van der Waals surface area contributed by atoms with Crippen LogP contribution in [0.2, 0.25) is 0 Å². The number of nitrogens with one attached hydrogen (secondary N) is 2. The van der Waals surface area contributed by atoms with E-state index < -0.39 is 16.2 Å². The minimum atomic E-state index is -3.89. The first kappa shape index (κ1) is 20.7. The highest BCUT2D eigenvalue weighted by atomic mass is 32.2. The molecule has 0 bridgehead atoms. The Morgan fingerprint density at radius 2 is 1.58 bits per heavy atom. The minimum Gasteiger partial charge on any atom is -0.379 e. The maximum atomic E-state index is 12.4. The Balaban J connectivity index is 2.25. The van der Waals surface area contributed by atoms with Gasteiger partial charge < -0.3 is 10.1 Å². The van der Waals surface area contributed by atoms with Crippen molar-refractivity contribution >= 4 is 21.9 Å². The molecule has 0 unspecified atom stereocenters. The number of aryl methyl sites for hydroxylation is 1. The summed E-state index contributed by atoms with van der Waals surface area (Å²) in [5, 5.41) is 2.78. The Labute approximate surface area is 156 Å². The number of carbonyl (C=O) groups excluding carboxylic acids is 1. The van der Waals surface area contributed by atoms with E-state index in [-0.39, 0.29) is 24.9 Å². The van der Waals surface area contributed by atoms with E-state index >= 15 is 0 Å². The standard InChI is InChI=1S/C18H29N3O4S/c1-12(2)15-10-14(5)11-16(13(3)4)17(15)19-18(22)20-26(23,24)21-6-8-25-9-7-21/h10-13H,6-9H2,1-5H3,(H2,19,20,22). The second kappa shape index (κ2) is 8.37. The molecule has 1 aromatic rings. The van der Waals surface area contributed by atoms with Crippen molar-refractivity contribution in [2.75, 3.05) is 31.6 Å². The van der Waals surface area contributed by atoms with Crippen LogP contribution in [0.3, 0.4) is 0 Å². The third-order valence-corrected chi connectivity index (χ3v) is 5.85. The number of hydrogen-bond acceptors (Lipinski definition) is 4. The molecule has 2 rings (SSSR count). The van der Waals surface area contributed by atoms with Gasteiger partial charge in [0.1, 0.15) is 0 Å². The molecule has 1 aromatic carbocycles. The van der Waals surface area contributed by atoms with Gasteiger partial charge in [-0.15, -0.1) is 0 Å². The topological polar surface area (TPSA) is 87.7 Å². The summed E-state index contributed by atoms with van der Waals surface area (Å²) in [6, 6.07) is 3.31. The Morgan fingerprint density at radius 3 is 2.04 bits per heavy atom. The highest BCUT2D eigenvalue weighted by molar-refractivity contribution is 7.87. The largest absolute Gasteiger partial charge is 0.379 e. The lowest BCUT2D eigenvalue weighted by Crippen LogP contribution is -2.49. The smallest absolute Gasteiger partial charge is 0.333 e. The van der Waals surface area contributed by atoms with Crippen LogP contribution in [0.25, 0.3) is 0 Å². The lowest BCUT2D eigenvalue weighted by Gasteiger charge is -2.26. The van der Waals surface area contributed by atoms with E-state index in [9.17, 15) is 13.2 Å². The summed E-state index contributed by atoms with van der Waals surface area (Å²) in [6.45, 7) is 11.3. The lowest BCUT2D eigenvalue weighted by atomic mass is 9.90. The van der Waals surface area contributed by atoms with E-state index in [2.05, 4.69) is 10.0 Å². The molecule has 1 fully saturated rings. The van der Waals surface area contributed by atoms with E-state index in [1.807, 2.05) is 46.8 Å². The predicted octanol–water partition coefficient (Wildman–Crippen LogP) is 2.94. The van der Waals surface area contributed by atoms with Crippen molar-refractivity contribution in [2.24, 2.45) is 0 Å². The Bertz CT molecular complexity index is 725. The van der Waals surface area contributed by atoms with Gasteiger partial charge in [0.15, 0.2) is 0 Å². The summed E-state index contributed by atoms with van der Waals surface area (Å²) >= 11 is 0. The number of nitrogens with zero attached hydrogens (tertiary/aromatic N) is 1. The quantitative estimate of drug-likeness (QED) is 0.818. The molecule has 0 aliphatic carbocycles. The van der Waals surface area contributed by atoms with Crippen molar-refractivity contribution in [3.63, 3.8) is 0 Å². The second-order valence-electron chi connectivity index (χ2n) is 7.20. The summed E-state index contributed by atoms with van der Waals surface area (Å²) in [6.07, 6.45) is 0. The van der Waals surface area contributed by atoms with Crippen molar-refractivity contribution in [3.8, 4) is 0 Å². The molecule has 0 aromatic heterocycles. The van der Waals surface area contributed by atoms with E-state index in [1.165, 1.54) is 4.31 Å². The first-order chi connectivity index (χ1) is 12.1. The number of benzene rings is 1. The summed E-state index contributed by atoms with van der Waals surface area (Å²) < 4.78 is 33.2. The average molecular weight is 384 g/mol. The van der Waals surface area contributed by atoms with Gasteiger partial charge in [0, 0.05) is 18.8 Å². The molecule has 1 aliphatic heterocycles. The average Bonchev–Trinajstić information content (AvgIpc) is 2.56. The van der Waals surface area contributed by atoms with Crippen molar-refractivity contribution in [2.45, 2.75) is 46.5 Å². The second-order valence-corrected chi connectivity index (χ2v) is 8.87. The maximum absolute atomic E-state index is 12.4. The van der Waals surface area contributed by atoms with Crippen molar-refractivity contribution in [3.05, 3.63) is 28.8 Å². The molecule has 0 radical (unpaired) electrons. The Morgan fingerprint density at radius 1 is 1.08 bits per heavy atom. The number of ether oxygens (including phenoxy) is 1. The zero-order valence-electron chi connectivity index (χ0n) is 16.1.